The second kappa shape index (κ2) is 2.52. The maximum absolute atomic E-state index is 10.9. The minimum Gasteiger partial charge on any atom is -0.339 e. The zero-order valence-corrected chi connectivity index (χ0v) is 3.74. The molecule has 40 valence electrons. The van der Waals surface area contributed by atoms with E-state index in [1.807, 2.05) is 0 Å². The first-order chi connectivity index (χ1) is 3.18. The zero-order valence-electron chi connectivity index (χ0n) is 2.98. The van der Waals surface area contributed by atoms with E-state index in [0.29, 0.717) is 0 Å². The lowest BCUT2D eigenvalue weighted by atomic mass is 10.8. The van der Waals surface area contributed by atoms with Gasteiger partial charge < -0.3 is 4.29 Å². The molecule has 0 aromatic rings. The van der Waals surface area contributed by atoms with E-state index in [9.17, 15) is 9.18 Å². The van der Waals surface area contributed by atoms with Crippen LogP contribution in [0.4, 0.5) is 4.39 Å². The third-order valence-corrected chi connectivity index (χ3v) is 0.371. The molecule has 0 heterocycles. The van der Waals surface area contributed by atoms with E-state index in [4.69, 9.17) is 4.79 Å². The first-order valence-corrected chi connectivity index (χ1v) is 1.51. The van der Waals surface area contributed by atoms with Crippen LogP contribution in [0.2, 0.25) is 0 Å². The SMILES string of the molecule is O=C(F)C(=O)OCl. The maximum Gasteiger partial charge on any atom is 0.427 e. The lowest BCUT2D eigenvalue weighted by Crippen LogP contribution is -2.06. The summed E-state index contributed by atoms with van der Waals surface area (Å²) in [6.45, 7) is 0. The molecule has 0 aliphatic carbocycles. The Labute approximate surface area is 43.2 Å². The number of hydrogen-bond acceptors (Lipinski definition) is 3. The summed E-state index contributed by atoms with van der Waals surface area (Å²) in [5.41, 5.74) is 0. The predicted octanol–water partition coefficient (Wildman–Crippen LogP) is 0.179. The number of carbonyl (C=O) groups is 2. The van der Waals surface area contributed by atoms with Crippen molar-refractivity contribution in [2.75, 3.05) is 0 Å². The number of hydrogen-bond donors (Lipinski definition) is 0. The van der Waals surface area contributed by atoms with Crippen LogP contribution in [0.5, 0.6) is 0 Å². The summed E-state index contributed by atoms with van der Waals surface area (Å²) < 4.78 is 14.0. The van der Waals surface area contributed by atoms with Crippen molar-refractivity contribution < 1.29 is 18.3 Å². The van der Waals surface area contributed by atoms with Crippen LogP contribution in [0.15, 0.2) is 0 Å². The lowest BCUT2D eigenvalue weighted by molar-refractivity contribution is -0.152. The van der Waals surface area contributed by atoms with Crippen LogP contribution in [-0.4, -0.2) is 12.0 Å². The molecule has 0 unspecified atom stereocenters. The average Bonchev–Trinajstić information content (AvgIpc) is 1.65. The van der Waals surface area contributed by atoms with E-state index in [-0.39, 0.29) is 0 Å². The topological polar surface area (TPSA) is 43.4 Å². The van der Waals surface area contributed by atoms with E-state index in [1.165, 1.54) is 0 Å². The second-order valence-corrected chi connectivity index (χ2v) is 0.793. The standard InChI is InChI=1S/C2ClFO3/c3-7-2(6)1(4)5. The van der Waals surface area contributed by atoms with E-state index in [0.717, 1.165) is 0 Å². The summed E-state index contributed by atoms with van der Waals surface area (Å²) in [6.07, 6.45) is 0. The molecule has 0 aromatic carbocycles. The Kier molecular flexibility index (Phi) is 2.29. The van der Waals surface area contributed by atoms with Crippen LogP contribution in [0, 0.1) is 0 Å². The van der Waals surface area contributed by atoms with Gasteiger partial charge in [-0.25, -0.2) is 9.59 Å². The van der Waals surface area contributed by atoms with E-state index in [1.54, 1.807) is 0 Å². The first kappa shape index (κ1) is 6.36. The molecule has 3 nitrogen and oxygen atoms in total. The van der Waals surface area contributed by atoms with Crippen LogP contribution >= 0.6 is 11.9 Å². The summed E-state index contributed by atoms with van der Waals surface area (Å²) in [6, 6.07) is -2.20. The quantitative estimate of drug-likeness (QED) is 0.372. The first-order valence-electron chi connectivity index (χ1n) is 1.21. The number of halogens is 2. The summed E-state index contributed by atoms with van der Waals surface area (Å²) in [5, 5.41) is 0. The van der Waals surface area contributed by atoms with Crippen molar-refractivity contribution in [1.82, 2.24) is 0 Å². The molecular weight excluding hydrogens is 126 g/mol. The molecule has 0 aliphatic rings. The number of carbonyl (C=O) groups excluding carboxylic acids is 2. The molecule has 0 N–H and O–H groups in total. The summed E-state index contributed by atoms with van der Waals surface area (Å²) in [4.78, 5) is 18.6. The highest BCUT2D eigenvalue weighted by Gasteiger charge is 2.11. The highest BCUT2D eigenvalue weighted by Crippen LogP contribution is 1.83. The normalized spacial score (nSPS) is 7.71. The van der Waals surface area contributed by atoms with Gasteiger partial charge >= 0.3 is 12.0 Å². The van der Waals surface area contributed by atoms with Gasteiger partial charge in [-0.3, -0.25) is 0 Å². The zero-order chi connectivity index (χ0) is 5.86. The second-order valence-electron chi connectivity index (χ2n) is 0.638. The molecule has 0 spiro atoms. The fourth-order valence-electron chi connectivity index (χ4n) is 0.0303. The van der Waals surface area contributed by atoms with Crippen LogP contribution < -0.4 is 0 Å². The van der Waals surface area contributed by atoms with Gasteiger partial charge in [0.2, 0.25) is 0 Å². The fourth-order valence-corrected chi connectivity index (χ4v) is 0.0910. The van der Waals surface area contributed by atoms with Crippen molar-refractivity contribution >= 4 is 23.9 Å². The molecule has 7 heavy (non-hydrogen) atoms. The van der Waals surface area contributed by atoms with Crippen molar-refractivity contribution in [1.29, 1.82) is 0 Å². The highest BCUT2D eigenvalue weighted by atomic mass is 35.5. The van der Waals surface area contributed by atoms with Crippen molar-refractivity contribution in [3.63, 3.8) is 0 Å². The molecule has 0 aliphatic heterocycles. The smallest absolute Gasteiger partial charge is 0.339 e. The Morgan fingerprint density at radius 2 is 2.00 bits per heavy atom. The predicted molar refractivity (Wildman–Crippen MR) is 18.1 cm³/mol. The Balaban J connectivity index is 3.58. The molecule has 5 heteroatoms. The summed E-state index contributed by atoms with van der Waals surface area (Å²) >= 11 is 4.24. The van der Waals surface area contributed by atoms with Crippen LogP contribution in [0.25, 0.3) is 0 Å². The van der Waals surface area contributed by atoms with Crippen LogP contribution in [0.1, 0.15) is 0 Å². The summed E-state index contributed by atoms with van der Waals surface area (Å²) in [5.74, 6) is -1.69. The molecule has 0 saturated heterocycles. The van der Waals surface area contributed by atoms with Gasteiger partial charge in [0, 0.05) is 0 Å². The van der Waals surface area contributed by atoms with Crippen molar-refractivity contribution in [3.8, 4) is 0 Å². The third-order valence-electron chi connectivity index (χ3n) is 0.231. The third kappa shape index (κ3) is 2.11. The summed E-state index contributed by atoms with van der Waals surface area (Å²) in [7, 11) is 0. The van der Waals surface area contributed by atoms with Crippen molar-refractivity contribution in [2.24, 2.45) is 0 Å². The molecule has 0 bridgehead atoms. The lowest BCUT2D eigenvalue weighted by Gasteiger charge is -1.78. The largest absolute Gasteiger partial charge is 0.427 e. The molecular formula is C2ClFO3. The average molecular weight is 126 g/mol. The minimum atomic E-state index is -2.20. The van der Waals surface area contributed by atoms with E-state index < -0.39 is 12.0 Å². The Bertz CT molecular complexity index is 101. The highest BCUT2D eigenvalue weighted by molar-refractivity contribution is 6.34. The van der Waals surface area contributed by atoms with Gasteiger partial charge in [0.1, 0.15) is 11.9 Å². The van der Waals surface area contributed by atoms with Crippen LogP contribution in [-0.2, 0) is 13.9 Å². The molecule has 0 amide bonds. The Morgan fingerprint density at radius 1 is 1.57 bits per heavy atom. The van der Waals surface area contributed by atoms with Crippen LogP contribution in [0.3, 0.4) is 0 Å². The molecule has 0 aromatic heterocycles. The van der Waals surface area contributed by atoms with Crippen molar-refractivity contribution in [3.05, 3.63) is 0 Å². The van der Waals surface area contributed by atoms with Gasteiger partial charge in [-0.2, -0.15) is 4.39 Å². The van der Waals surface area contributed by atoms with E-state index in [2.05, 4.69) is 16.2 Å². The molecule has 0 atom stereocenters. The maximum atomic E-state index is 10.9. The molecule has 0 saturated carbocycles. The van der Waals surface area contributed by atoms with E-state index >= 15 is 0 Å². The molecule has 0 radical (unpaired) electrons. The monoisotopic (exact) mass is 126 g/mol. The van der Waals surface area contributed by atoms with Gasteiger partial charge in [-0.1, -0.05) is 0 Å². The van der Waals surface area contributed by atoms with Crippen molar-refractivity contribution in [2.45, 2.75) is 0 Å². The van der Waals surface area contributed by atoms with Gasteiger partial charge in [0.05, 0.1) is 0 Å². The van der Waals surface area contributed by atoms with Gasteiger partial charge in [0.15, 0.2) is 0 Å². The van der Waals surface area contributed by atoms with Gasteiger partial charge in [0.25, 0.3) is 0 Å². The minimum absolute atomic E-state index is 1.69. The molecule has 0 fully saturated rings. The molecule has 0 rings (SSSR count). The number of rotatable bonds is 1. The van der Waals surface area contributed by atoms with Gasteiger partial charge in [-0.15, -0.1) is 0 Å². The Morgan fingerprint density at radius 3 is 2.00 bits per heavy atom. The Hall–Kier alpha value is -0.640. The fraction of sp³-hybridized carbons (Fsp3) is 0. The van der Waals surface area contributed by atoms with Gasteiger partial charge in [-0.05, 0) is 0 Å².